The van der Waals surface area contributed by atoms with Gasteiger partial charge in [-0.25, -0.2) is 4.79 Å². The van der Waals surface area contributed by atoms with Crippen LogP contribution < -0.4 is 0 Å². The zero-order chi connectivity index (χ0) is 12.3. The molecule has 0 aliphatic rings. The summed E-state index contributed by atoms with van der Waals surface area (Å²) < 4.78 is 0. The molecule has 1 amide bonds. The van der Waals surface area contributed by atoms with Gasteiger partial charge in [0.1, 0.15) is 6.04 Å². The third kappa shape index (κ3) is 2.41. The lowest BCUT2D eigenvalue weighted by molar-refractivity contribution is -0.142. The van der Waals surface area contributed by atoms with Crippen LogP contribution in [0, 0.1) is 6.92 Å². The predicted molar refractivity (Wildman–Crippen MR) is 62.9 cm³/mol. The number of likely N-dealkylation sites (N-methyl/N-ethyl adjacent to an activating group) is 1. The molecule has 16 heavy (non-hydrogen) atoms. The minimum Gasteiger partial charge on any atom is -0.480 e. The van der Waals surface area contributed by atoms with E-state index < -0.39 is 12.0 Å². The Morgan fingerprint density at radius 1 is 1.56 bits per heavy atom. The highest BCUT2D eigenvalue weighted by Gasteiger charge is 2.26. The molecule has 0 aliphatic carbocycles. The molecule has 0 saturated heterocycles. The van der Waals surface area contributed by atoms with Crippen LogP contribution >= 0.6 is 11.3 Å². The van der Waals surface area contributed by atoms with E-state index in [2.05, 4.69) is 0 Å². The number of thiophene rings is 1. The normalized spacial score (nSPS) is 12.2. The van der Waals surface area contributed by atoms with Crippen LogP contribution in [0.25, 0.3) is 0 Å². The predicted octanol–water partition coefficient (Wildman–Crippen LogP) is 1.99. The van der Waals surface area contributed by atoms with Gasteiger partial charge in [-0.15, -0.1) is 11.3 Å². The zero-order valence-corrected chi connectivity index (χ0v) is 10.4. The quantitative estimate of drug-likeness (QED) is 0.877. The van der Waals surface area contributed by atoms with Crippen LogP contribution in [0.4, 0.5) is 0 Å². The molecule has 88 valence electrons. The number of nitrogens with zero attached hydrogens (tertiary/aromatic N) is 1. The van der Waals surface area contributed by atoms with Gasteiger partial charge in [-0.3, -0.25) is 4.79 Å². The minimum absolute atomic E-state index is 0.221. The molecule has 0 bridgehead atoms. The van der Waals surface area contributed by atoms with E-state index in [-0.39, 0.29) is 5.91 Å². The Kier molecular flexibility index (Phi) is 4.06. The second kappa shape index (κ2) is 5.12. The van der Waals surface area contributed by atoms with E-state index in [1.807, 2.05) is 18.4 Å². The van der Waals surface area contributed by atoms with Crippen molar-refractivity contribution in [3.05, 3.63) is 21.9 Å². The number of carboxylic acid groups (broad SMARTS) is 1. The Balaban J connectivity index is 2.90. The van der Waals surface area contributed by atoms with Crippen molar-refractivity contribution in [3.8, 4) is 0 Å². The van der Waals surface area contributed by atoms with E-state index in [1.54, 1.807) is 6.92 Å². The smallest absolute Gasteiger partial charge is 0.326 e. The van der Waals surface area contributed by atoms with Crippen LogP contribution in [-0.2, 0) is 4.79 Å². The van der Waals surface area contributed by atoms with E-state index in [1.165, 1.54) is 23.3 Å². The molecule has 0 aromatic carbocycles. The Morgan fingerprint density at radius 3 is 2.56 bits per heavy atom. The van der Waals surface area contributed by atoms with Gasteiger partial charge >= 0.3 is 5.97 Å². The maximum absolute atomic E-state index is 12.0. The number of carbonyl (C=O) groups excluding carboxylic acids is 1. The van der Waals surface area contributed by atoms with Gasteiger partial charge in [0.25, 0.3) is 5.91 Å². The summed E-state index contributed by atoms with van der Waals surface area (Å²) in [4.78, 5) is 24.9. The van der Waals surface area contributed by atoms with Gasteiger partial charge in [-0.05, 0) is 30.4 Å². The number of hydrogen-bond acceptors (Lipinski definition) is 3. The van der Waals surface area contributed by atoms with Crippen molar-refractivity contribution < 1.29 is 14.7 Å². The molecule has 1 aromatic heterocycles. The molecule has 1 N–H and O–H groups in total. The fourth-order valence-corrected chi connectivity index (χ4v) is 2.41. The largest absolute Gasteiger partial charge is 0.480 e. The van der Waals surface area contributed by atoms with Crippen LogP contribution in [-0.4, -0.2) is 35.0 Å². The average Bonchev–Trinajstić information content (AvgIpc) is 2.63. The molecule has 1 unspecified atom stereocenters. The number of aryl methyl sites for hydroxylation is 1. The van der Waals surface area contributed by atoms with E-state index in [4.69, 9.17) is 5.11 Å². The molecular formula is C11H15NO3S. The van der Waals surface area contributed by atoms with Gasteiger partial charge < -0.3 is 10.0 Å². The maximum Gasteiger partial charge on any atom is 0.326 e. The lowest BCUT2D eigenvalue weighted by atomic mass is 10.2. The Bertz CT molecular complexity index is 400. The highest BCUT2D eigenvalue weighted by Crippen LogP contribution is 2.19. The van der Waals surface area contributed by atoms with Crippen molar-refractivity contribution in [1.29, 1.82) is 0 Å². The summed E-state index contributed by atoms with van der Waals surface area (Å²) in [5.74, 6) is -1.19. The topological polar surface area (TPSA) is 57.6 Å². The fourth-order valence-electron chi connectivity index (χ4n) is 1.51. The summed E-state index contributed by atoms with van der Waals surface area (Å²) in [5, 5.41) is 10.8. The summed E-state index contributed by atoms with van der Waals surface area (Å²) in [7, 11) is 1.53. The Hall–Kier alpha value is -1.36. The van der Waals surface area contributed by atoms with Crippen LogP contribution in [0.3, 0.4) is 0 Å². The van der Waals surface area contributed by atoms with Crippen molar-refractivity contribution in [2.24, 2.45) is 0 Å². The fraction of sp³-hybridized carbons (Fsp3) is 0.455. The molecule has 0 spiro atoms. The molecule has 1 rings (SSSR count). The van der Waals surface area contributed by atoms with Crippen molar-refractivity contribution in [2.45, 2.75) is 26.3 Å². The molecule has 1 aromatic rings. The second-order valence-electron chi connectivity index (χ2n) is 3.61. The van der Waals surface area contributed by atoms with Gasteiger partial charge in [0.2, 0.25) is 0 Å². The third-order valence-corrected chi connectivity index (χ3v) is 3.52. The van der Waals surface area contributed by atoms with Crippen molar-refractivity contribution in [1.82, 2.24) is 4.90 Å². The standard InChI is InChI=1S/C11H15NO3S/c1-4-8(11(14)15)12(3)10(13)9-7(2)5-6-16-9/h5-6,8H,4H2,1-3H3,(H,14,15). The number of hydrogen-bond donors (Lipinski definition) is 1. The van der Waals surface area contributed by atoms with E-state index in [9.17, 15) is 9.59 Å². The summed E-state index contributed by atoms with van der Waals surface area (Å²) in [6, 6.07) is 1.10. The molecule has 0 saturated carbocycles. The van der Waals surface area contributed by atoms with Crippen LogP contribution in [0.2, 0.25) is 0 Å². The molecule has 4 nitrogen and oxygen atoms in total. The van der Waals surface area contributed by atoms with Crippen molar-refractivity contribution >= 4 is 23.2 Å². The lowest BCUT2D eigenvalue weighted by Crippen LogP contribution is -2.41. The number of carbonyl (C=O) groups is 2. The average molecular weight is 241 g/mol. The van der Waals surface area contributed by atoms with E-state index in [0.717, 1.165) is 5.56 Å². The summed E-state index contributed by atoms with van der Waals surface area (Å²) in [6.07, 6.45) is 0.405. The summed E-state index contributed by atoms with van der Waals surface area (Å²) in [5.41, 5.74) is 0.891. The van der Waals surface area contributed by atoms with Crippen molar-refractivity contribution in [2.75, 3.05) is 7.05 Å². The van der Waals surface area contributed by atoms with E-state index in [0.29, 0.717) is 11.3 Å². The Morgan fingerprint density at radius 2 is 2.19 bits per heavy atom. The molecule has 0 fully saturated rings. The number of amides is 1. The Labute approximate surface area is 98.5 Å². The monoisotopic (exact) mass is 241 g/mol. The highest BCUT2D eigenvalue weighted by molar-refractivity contribution is 7.12. The first-order valence-corrected chi connectivity index (χ1v) is 5.91. The molecule has 0 aliphatic heterocycles. The summed E-state index contributed by atoms with van der Waals surface area (Å²) >= 11 is 1.34. The first-order chi connectivity index (χ1) is 7.49. The van der Waals surface area contributed by atoms with E-state index >= 15 is 0 Å². The van der Waals surface area contributed by atoms with Gasteiger partial charge in [0.15, 0.2) is 0 Å². The maximum atomic E-state index is 12.0. The SMILES string of the molecule is CCC(C(=O)O)N(C)C(=O)c1sccc1C. The molecule has 5 heteroatoms. The van der Waals surface area contributed by atoms with Crippen molar-refractivity contribution in [3.63, 3.8) is 0 Å². The summed E-state index contributed by atoms with van der Waals surface area (Å²) in [6.45, 7) is 3.60. The zero-order valence-electron chi connectivity index (χ0n) is 9.56. The van der Waals surface area contributed by atoms with Crippen LogP contribution in [0.5, 0.6) is 0 Å². The number of aliphatic carboxylic acids is 1. The van der Waals surface area contributed by atoms with Crippen LogP contribution in [0.1, 0.15) is 28.6 Å². The number of carboxylic acids is 1. The molecule has 0 radical (unpaired) electrons. The first-order valence-electron chi connectivity index (χ1n) is 5.03. The van der Waals surface area contributed by atoms with Gasteiger partial charge in [-0.1, -0.05) is 6.92 Å². The number of rotatable bonds is 4. The third-order valence-electron chi connectivity index (χ3n) is 2.52. The van der Waals surface area contributed by atoms with Crippen LogP contribution in [0.15, 0.2) is 11.4 Å². The molecule has 1 heterocycles. The molecule has 1 atom stereocenters. The van der Waals surface area contributed by atoms with Gasteiger partial charge in [0, 0.05) is 7.05 Å². The van der Waals surface area contributed by atoms with Gasteiger partial charge in [0.05, 0.1) is 4.88 Å². The van der Waals surface area contributed by atoms with Gasteiger partial charge in [-0.2, -0.15) is 0 Å². The first kappa shape index (κ1) is 12.7. The lowest BCUT2D eigenvalue weighted by Gasteiger charge is -2.23. The second-order valence-corrected chi connectivity index (χ2v) is 4.53. The molecular weight excluding hydrogens is 226 g/mol. The minimum atomic E-state index is -0.965. The highest BCUT2D eigenvalue weighted by atomic mass is 32.1.